The molecule has 0 unspecified atom stereocenters. The Morgan fingerprint density at radius 1 is 1.33 bits per heavy atom. The van der Waals surface area contributed by atoms with E-state index in [4.69, 9.17) is 9.15 Å². The summed E-state index contributed by atoms with van der Waals surface area (Å²) in [5.74, 6) is -0.151. The number of benzene rings is 1. The van der Waals surface area contributed by atoms with Crippen molar-refractivity contribution < 1.29 is 13.9 Å². The summed E-state index contributed by atoms with van der Waals surface area (Å²) < 4.78 is 10.5. The van der Waals surface area contributed by atoms with Gasteiger partial charge in [-0.05, 0) is 23.6 Å². The van der Waals surface area contributed by atoms with Crippen LogP contribution in [0.25, 0.3) is 11.3 Å². The molecule has 0 bridgehead atoms. The quantitative estimate of drug-likeness (QED) is 0.636. The van der Waals surface area contributed by atoms with Crippen LogP contribution < -0.4 is 0 Å². The van der Waals surface area contributed by atoms with Crippen molar-refractivity contribution in [2.24, 2.45) is 5.92 Å². The van der Waals surface area contributed by atoms with Crippen molar-refractivity contribution in [2.45, 2.75) is 6.42 Å². The van der Waals surface area contributed by atoms with Gasteiger partial charge in [0, 0.05) is 16.9 Å². The Bertz CT molecular complexity index is 818. The normalized spacial score (nSPS) is 11.6. The first-order valence-corrected chi connectivity index (χ1v) is 8.22. The smallest absolute Gasteiger partial charge is 0.338 e. The molecule has 120 valence electrons. The number of carbonyl (C=O) groups excluding carboxylic acids is 1. The molecule has 0 fully saturated rings. The van der Waals surface area contributed by atoms with E-state index in [1.807, 2.05) is 17.5 Å². The van der Waals surface area contributed by atoms with Gasteiger partial charge in [0.15, 0.2) is 12.2 Å². The molecule has 1 aromatic carbocycles. The minimum atomic E-state index is -0.439. The minimum absolute atomic E-state index is 0.0804. The van der Waals surface area contributed by atoms with E-state index in [2.05, 4.69) is 11.1 Å². The van der Waals surface area contributed by atoms with Gasteiger partial charge in [0.25, 0.3) is 0 Å². The van der Waals surface area contributed by atoms with Crippen LogP contribution in [0.1, 0.15) is 15.2 Å². The molecule has 0 aliphatic carbocycles. The third-order valence-electron chi connectivity index (χ3n) is 3.46. The van der Waals surface area contributed by atoms with Gasteiger partial charge in [-0.2, -0.15) is 5.26 Å². The Hall–Kier alpha value is -2.91. The molecular formula is C18H14N2O3S. The number of oxazole rings is 1. The molecule has 0 N–H and O–H groups in total. The van der Waals surface area contributed by atoms with Gasteiger partial charge in [-0.1, -0.05) is 18.2 Å². The number of hydrogen-bond acceptors (Lipinski definition) is 6. The molecule has 2 heterocycles. The van der Waals surface area contributed by atoms with Gasteiger partial charge >= 0.3 is 5.97 Å². The number of rotatable bonds is 6. The molecule has 1 atom stereocenters. The highest BCUT2D eigenvalue weighted by Gasteiger charge is 2.14. The highest BCUT2D eigenvalue weighted by Crippen LogP contribution is 2.19. The second kappa shape index (κ2) is 7.57. The number of carbonyl (C=O) groups is 1. The van der Waals surface area contributed by atoms with E-state index in [9.17, 15) is 10.1 Å². The fourth-order valence-electron chi connectivity index (χ4n) is 2.20. The summed E-state index contributed by atoms with van der Waals surface area (Å²) in [6, 6.07) is 13.0. The lowest BCUT2D eigenvalue weighted by Gasteiger charge is -2.09. The van der Waals surface area contributed by atoms with Crippen LogP contribution in [-0.4, -0.2) is 17.6 Å². The zero-order valence-electron chi connectivity index (χ0n) is 12.7. The monoisotopic (exact) mass is 338 g/mol. The van der Waals surface area contributed by atoms with Gasteiger partial charge in [-0.15, -0.1) is 11.3 Å². The molecule has 0 saturated carbocycles. The predicted molar refractivity (Wildman–Crippen MR) is 89.3 cm³/mol. The molecule has 6 heteroatoms. The summed E-state index contributed by atoms with van der Waals surface area (Å²) in [6.45, 7) is 0.0804. The first kappa shape index (κ1) is 16.0. The predicted octanol–water partition coefficient (Wildman–Crippen LogP) is 3.94. The Kier molecular flexibility index (Phi) is 5.04. The summed E-state index contributed by atoms with van der Waals surface area (Å²) in [7, 11) is 0. The maximum atomic E-state index is 12.1. The average Bonchev–Trinajstić information content (AvgIpc) is 3.32. The van der Waals surface area contributed by atoms with Crippen molar-refractivity contribution >= 4 is 17.3 Å². The summed E-state index contributed by atoms with van der Waals surface area (Å²) in [6.07, 6.45) is 3.55. The number of hydrogen-bond donors (Lipinski definition) is 0. The van der Waals surface area contributed by atoms with E-state index in [0.717, 1.165) is 10.4 Å². The van der Waals surface area contributed by atoms with E-state index in [0.29, 0.717) is 17.7 Å². The largest absolute Gasteiger partial charge is 0.461 e. The number of nitrogens with zero attached hydrogens (tertiary/aromatic N) is 2. The van der Waals surface area contributed by atoms with E-state index in [1.54, 1.807) is 41.8 Å². The molecule has 3 aromatic rings. The van der Waals surface area contributed by atoms with Crippen LogP contribution in [0.15, 0.2) is 58.8 Å². The van der Waals surface area contributed by atoms with Crippen molar-refractivity contribution in [1.82, 2.24) is 4.98 Å². The van der Waals surface area contributed by atoms with Crippen molar-refractivity contribution in [2.75, 3.05) is 6.61 Å². The van der Waals surface area contributed by atoms with E-state index < -0.39 is 5.97 Å². The maximum absolute atomic E-state index is 12.1. The number of thiophene rings is 1. The summed E-state index contributed by atoms with van der Waals surface area (Å²) in [5, 5.41) is 11.2. The van der Waals surface area contributed by atoms with Gasteiger partial charge in [0.05, 0.1) is 23.7 Å². The van der Waals surface area contributed by atoms with Gasteiger partial charge in [-0.25, -0.2) is 9.78 Å². The summed E-state index contributed by atoms with van der Waals surface area (Å²) >= 11 is 1.59. The second-order valence-electron chi connectivity index (χ2n) is 5.15. The molecule has 24 heavy (non-hydrogen) atoms. The van der Waals surface area contributed by atoms with E-state index in [1.165, 1.54) is 6.39 Å². The number of nitriles is 1. The number of aromatic nitrogens is 1. The third-order valence-corrected chi connectivity index (χ3v) is 4.36. The molecular weight excluding hydrogens is 324 g/mol. The highest BCUT2D eigenvalue weighted by atomic mass is 32.1. The van der Waals surface area contributed by atoms with Crippen LogP contribution in [0.5, 0.6) is 0 Å². The zero-order valence-corrected chi connectivity index (χ0v) is 13.5. The van der Waals surface area contributed by atoms with Crippen molar-refractivity contribution in [3.05, 3.63) is 64.8 Å². The Morgan fingerprint density at radius 2 is 2.17 bits per heavy atom. The van der Waals surface area contributed by atoms with Crippen LogP contribution in [0.3, 0.4) is 0 Å². The number of ether oxygens (including phenoxy) is 1. The van der Waals surface area contributed by atoms with Crippen LogP contribution in [0, 0.1) is 17.2 Å². The van der Waals surface area contributed by atoms with Crippen molar-refractivity contribution in [3.8, 4) is 17.4 Å². The van der Waals surface area contributed by atoms with E-state index >= 15 is 0 Å². The third kappa shape index (κ3) is 3.89. The van der Waals surface area contributed by atoms with E-state index in [-0.39, 0.29) is 12.5 Å². The molecule has 2 aromatic heterocycles. The summed E-state index contributed by atoms with van der Waals surface area (Å²) in [4.78, 5) is 17.1. The van der Waals surface area contributed by atoms with Crippen LogP contribution >= 0.6 is 11.3 Å². The lowest BCUT2D eigenvalue weighted by molar-refractivity contribution is 0.0468. The highest BCUT2D eigenvalue weighted by molar-refractivity contribution is 7.09. The molecule has 0 amide bonds. The fourth-order valence-corrected chi connectivity index (χ4v) is 2.99. The van der Waals surface area contributed by atoms with Crippen LogP contribution in [0.4, 0.5) is 0 Å². The lowest BCUT2D eigenvalue weighted by Crippen LogP contribution is -2.14. The van der Waals surface area contributed by atoms with Gasteiger partial charge in [-0.3, -0.25) is 0 Å². The Labute approximate surface area is 143 Å². The van der Waals surface area contributed by atoms with Gasteiger partial charge < -0.3 is 9.15 Å². The Balaban J connectivity index is 1.57. The van der Waals surface area contributed by atoms with Gasteiger partial charge in [0.2, 0.25) is 0 Å². The molecule has 3 rings (SSSR count). The number of esters is 1. The molecule has 5 nitrogen and oxygen atoms in total. The zero-order chi connectivity index (χ0) is 16.8. The first-order chi connectivity index (χ1) is 11.8. The van der Waals surface area contributed by atoms with Crippen molar-refractivity contribution in [3.63, 3.8) is 0 Å². The molecule has 0 aliphatic heterocycles. The van der Waals surface area contributed by atoms with Crippen molar-refractivity contribution in [1.29, 1.82) is 5.26 Å². The lowest BCUT2D eigenvalue weighted by atomic mass is 10.1. The maximum Gasteiger partial charge on any atom is 0.338 e. The molecule has 0 radical (unpaired) electrons. The summed E-state index contributed by atoms with van der Waals surface area (Å²) in [5.41, 5.74) is 1.27. The standard InChI is InChI=1S/C18H14N2O3S/c19-9-13(8-16-2-1-7-24-16)11-22-18(21)15-5-3-14(4-6-15)17-10-20-12-23-17/h1-7,10,12-13H,8,11H2/t13-/m1/s1. The molecule has 0 aliphatic rings. The average molecular weight is 338 g/mol. The fraction of sp³-hybridized carbons (Fsp3) is 0.167. The Morgan fingerprint density at radius 3 is 2.79 bits per heavy atom. The first-order valence-electron chi connectivity index (χ1n) is 7.34. The SMILES string of the molecule is N#C[C@H](COC(=O)c1ccc(-c2cnco2)cc1)Cc1cccs1. The van der Waals surface area contributed by atoms with Crippen LogP contribution in [0.2, 0.25) is 0 Å². The second-order valence-corrected chi connectivity index (χ2v) is 6.18. The van der Waals surface area contributed by atoms with Gasteiger partial charge in [0.1, 0.15) is 6.61 Å². The topological polar surface area (TPSA) is 76.1 Å². The molecule has 0 saturated heterocycles. The van der Waals surface area contributed by atoms with Crippen LogP contribution in [-0.2, 0) is 11.2 Å². The molecule has 0 spiro atoms. The minimum Gasteiger partial charge on any atom is -0.461 e.